The number of fused-ring (bicyclic) bond motifs is 1. The number of rotatable bonds is 5. The van der Waals surface area contributed by atoms with E-state index in [1.165, 1.54) is 23.7 Å². The number of hydrogen-bond donors (Lipinski definition) is 2. The van der Waals surface area contributed by atoms with Crippen molar-refractivity contribution in [2.24, 2.45) is 36.5 Å². The quantitative estimate of drug-likeness (QED) is 0.580. The minimum Gasteiger partial charge on any atom is -0.487 e. The van der Waals surface area contributed by atoms with E-state index < -0.39 is 9.84 Å². The summed E-state index contributed by atoms with van der Waals surface area (Å²) in [6, 6.07) is 6.99. The number of nitrogens with one attached hydrogen (secondary N) is 1. The van der Waals surface area contributed by atoms with Gasteiger partial charge in [0.2, 0.25) is 0 Å². The van der Waals surface area contributed by atoms with E-state index in [1.54, 1.807) is 37.6 Å². The standard InChI is InChI=1S/C26H31N3O4S/c1-29-14-22(19-5-6-28-24(19)25(29)30)20-9-18(34(2,31)32)3-4-23(20)33-26-10-15-7-16(11-26)21(13-27)17(8-15)12-26/h3-6,9,14-17,21,28H,7-8,10-13,27H2,1-2H3. The molecule has 2 aromatic heterocycles. The van der Waals surface area contributed by atoms with Crippen molar-refractivity contribution in [3.63, 3.8) is 0 Å². The molecule has 4 aliphatic carbocycles. The van der Waals surface area contributed by atoms with Crippen molar-refractivity contribution in [1.29, 1.82) is 0 Å². The Kier molecular flexibility index (Phi) is 4.81. The Hall–Kier alpha value is -2.58. The molecule has 34 heavy (non-hydrogen) atoms. The molecule has 4 bridgehead atoms. The molecule has 1 aromatic carbocycles. The summed E-state index contributed by atoms with van der Waals surface area (Å²) in [5.74, 6) is 3.14. The molecule has 3 aromatic rings. The first-order chi connectivity index (χ1) is 16.2. The molecule has 7 nitrogen and oxygen atoms in total. The molecule has 2 heterocycles. The minimum atomic E-state index is -3.42. The number of nitrogens with zero attached hydrogens (tertiary/aromatic N) is 1. The second-order valence-corrected chi connectivity index (χ2v) is 12.8. The maximum absolute atomic E-state index is 12.6. The van der Waals surface area contributed by atoms with Crippen molar-refractivity contribution in [3.05, 3.63) is 47.0 Å². The number of ether oxygens (including phenoxy) is 1. The molecule has 0 amide bonds. The number of aromatic nitrogens is 2. The van der Waals surface area contributed by atoms with E-state index in [2.05, 4.69) is 4.98 Å². The third-order valence-electron chi connectivity index (χ3n) is 8.57. The highest BCUT2D eigenvalue weighted by atomic mass is 32.2. The molecule has 2 atom stereocenters. The van der Waals surface area contributed by atoms with Crippen molar-refractivity contribution < 1.29 is 13.2 Å². The van der Waals surface area contributed by atoms with Crippen LogP contribution in [-0.4, -0.2) is 36.4 Å². The lowest BCUT2D eigenvalue weighted by Crippen LogP contribution is -2.58. The first-order valence-electron chi connectivity index (χ1n) is 12.1. The maximum Gasteiger partial charge on any atom is 0.274 e. The Morgan fingerprint density at radius 3 is 2.56 bits per heavy atom. The average Bonchev–Trinajstić information content (AvgIpc) is 3.25. The summed E-state index contributed by atoms with van der Waals surface area (Å²) in [4.78, 5) is 15.9. The topological polar surface area (TPSA) is 107 Å². The van der Waals surface area contributed by atoms with Crippen molar-refractivity contribution in [2.45, 2.75) is 42.6 Å². The second-order valence-electron chi connectivity index (χ2n) is 10.8. The predicted octanol–water partition coefficient (Wildman–Crippen LogP) is 3.47. The highest BCUT2D eigenvalue weighted by Crippen LogP contribution is 2.59. The van der Waals surface area contributed by atoms with Crippen LogP contribution in [0.1, 0.15) is 32.1 Å². The highest BCUT2D eigenvalue weighted by molar-refractivity contribution is 7.90. The molecule has 0 saturated heterocycles. The monoisotopic (exact) mass is 481 g/mol. The van der Waals surface area contributed by atoms with Crippen LogP contribution in [0.2, 0.25) is 0 Å². The van der Waals surface area contributed by atoms with Crippen LogP contribution in [-0.2, 0) is 16.9 Å². The van der Waals surface area contributed by atoms with Gasteiger partial charge in [0, 0.05) is 42.2 Å². The summed E-state index contributed by atoms with van der Waals surface area (Å²) >= 11 is 0. The van der Waals surface area contributed by atoms with Gasteiger partial charge < -0.3 is 20.0 Å². The molecular formula is C26H31N3O4S. The van der Waals surface area contributed by atoms with E-state index in [4.69, 9.17) is 10.5 Å². The third-order valence-corrected chi connectivity index (χ3v) is 9.68. The van der Waals surface area contributed by atoms with Gasteiger partial charge in [-0.05, 0) is 86.6 Å². The van der Waals surface area contributed by atoms with Gasteiger partial charge in [0.05, 0.1) is 4.90 Å². The molecular weight excluding hydrogens is 450 g/mol. The van der Waals surface area contributed by atoms with Crippen LogP contribution in [0.4, 0.5) is 0 Å². The number of sulfone groups is 1. The Morgan fingerprint density at radius 2 is 1.88 bits per heavy atom. The molecule has 4 aliphatic rings. The van der Waals surface area contributed by atoms with Crippen LogP contribution >= 0.6 is 0 Å². The van der Waals surface area contributed by atoms with Crippen molar-refractivity contribution >= 4 is 20.7 Å². The number of aromatic amines is 1. The van der Waals surface area contributed by atoms with E-state index in [1.807, 2.05) is 6.07 Å². The number of aryl methyl sites for hydroxylation is 1. The molecule has 4 saturated carbocycles. The molecule has 3 N–H and O–H groups in total. The highest BCUT2D eigenvalue weighted by Gasteiger charge is 2.56. The average molecular weight is 482 g/mol. The summed E-state index contributed by atoms with van der Waals surface area (Å²) < 4.78 is 33.3. The zero-order valence-corrected chi connectivity index (χ0v) is 20.4. The fourth-order valence-electron chi connectivity index (χ4n) is 7.32. The van der Waals surface area contributed by atoms with Gasteiger partial charge in [0.15, 0.2) is 9.84 Å². The largest absolute Gasteiger partial charge is 0.487 e. The van der Waals surface area contributed by atoms with Gasteiger partial charge in [-0.25, -0.2) is 8.42 Å². The van der Waals surface area contributed by atoms with Crippen LogP contribution in [0.3, 0.4) is 0 Å². The number of hydrogen-bond acceptors (Lipinski definition) is 5. The SMILES string of the molecule is Cn1cc(-c2cc(S(C)(=O)=O)ccc2OC23CC4CC(C2)C(CN)C(C4)C3)c2cc[nH]c2c1=O. The third kappa shape index (κ3) is 3.33. The fourth-order valence-corrected chi connectivity index (χ4v) is 7.97. The summed E-state index contributed by atoms with van der Waals surface area (Å²) in [6.45, 7) is 0.746. The molecule has 180 valence electrons. The lowest BCUT2D eigenvalue weighted by molar-refractivity contribution is -0.134. The molecule has 0 aliphatic heterocycles. The summed E-state index contributed by atoms with van der Waals surface area (Å²) in [5, 5.41) is 0.757. The summed E-state index contributed by atoms with van der Waals surface area (Å²) in [7, 11) is -1.71. The lowest BCUT2D eigenvalue weighted by Gasteiger charge is -2.59. The van der Waals surface area contributed by atoms with Gasteiger partial charge in [-0.3, -0.25) is 4.79 Å². The van der Waals surface area contributed by atoms with Crippen molar-refractivity contribution in [1.82, 2.24) is 9.55 Å². The van der Waals surface area contributed by atoms with Crippen LogP contribution in [0, 0.1) is 23.7 Å². The summed E-state index contributed by atoms with van der Waals surface area (Å²) in [6.07, 6.45) is 10.3. The zero-order chi connectivity index (χ0) is 23.8. The fraction of sp³-hybridized carbons (Fsp3) is 0.500. The molecule has 4 fully saturated rings. The van der Waals surface area contributed by atoms with Crippen molar-refractivity contribution in [2.75, 3.05) is 12.8 Å². The van der Waals surface area contributed by atoms with Gasteiger partial charge in [-0.15, -0.1) is 0 Å². The Balaban J connectivity index is 1.49. The van der Waals surface area contributed by atoms with Crippen LogP contribution in [0.25, 0.3) is 22.0 Å². The molecule has 8 heteroatoms. The van der Waals surface area contributed by atoms with Crippen molar-refractivity contribution in [3.8, 4) is 16.9 Å². The van der Waals surface area contributed by atoms with E-state index in [9.17, 15) is 13.2 Å². The lowest BCUT2D eigenvalue weighted by atomic mass is 9.50. The van der Waals surface area contributed by atoms with E-state index in [0.717, 1.165) is 36.8 Å². The van der Waals surface area contributed by atoms with Gasteiger partial charge in [0.1, 0.15) is 16.9 Å². The maximum atomic E-state index is 12.6. The van der Waals surface area contributed by atoms with E-state index in [-0.39, 0.29) is 16.1 Å². The second kappa shape index (κ2) is 7.46. The normalized spacial score (nSPS) is 30.2. The molecule has 0 radical (unpaired) electrons. The first kappa shape index (κ1) is 21.9. The van der Waals surface area contributed by atoms with Crippen LogP contribution < -0.4 is 16.0 Å². The zero-order valence-electron chi connectivity index (χ0n) is 19.6. The number of H-pyrrole nitrogens is 1. The number of nitrogens with two attached hydrogens (primary N) is 1. The number of benzene rings is 1. The number of pyridine rings is 1. The first-order valence-corrected chi connectivity index (χ1v) is 14.0. The summed E-state index contributed by atoms with van der Waals surface area (Å²) in [5.41, 5.74) is 7.77. The van der Waals surface area contributed by atoms with Gasteiger partial charge >= 0.3 is 0 Å². The van der Waals surface area contributed by atoms with Gasteiger partial charge in [-0.1, -0.05) is 0 Å². The minimum absolute atomic E-state index is 0.126. The van der Waals surface area contributed by atoms with Crippen LogP contribution in [0.5, 0.6) is 5.75 Å². The Morgan fingerprint density at radius 1 is 1.15 bits per heavy atom. The smallest absolute Gasteiger partial charge is 0.274 e. The van der Waals surface area contributed by atoms with E-state index in [0.29, 0.717) is 40.5 Å². The molecule has 2 unspecified atom stereocenters. The predicted molar refractivity (Wildman–Crippen MR) is 132 cm³/mol. The van der Waals surface area contributed by atoms with Crippen LogP contribution in [0.15, 0.2) is 46.3 Å². The molecule has 0 spiro atoms. The Bertz CT molecular complexity index is 1440. The van der Waals surface area contributed by atoms with E-state index >= 15 is 0 Å². The molecule has 7 rings (SSSR count). The van der Waals surface area contributed by atoms with Gasteiger partial charge in [0.25, 0.3) is 5.56 Å². The van der Waals surface area contributed by atoms with Gasteiger partial charge in [-0.2, -0.15) is 0 Å². The Labute approximate surface area is 199 Å².